The van der Waals surface area contributed by atoms with E-state index in [4.69, 9.17) is 4.99 Å². The molecular formula is C28H34N2O3. The van der Waals surface area contributed by atoms with Crippen LogP contribution in [0.15, 0.2) is 47.5 Å². The molecule has 1 atom stereocenters. The Bertz CT molecular complexity index is 1050. The highest BCUT2D eigenvalue weighted by Gasteiger charge is 2.31. The van der Waals surface area contributed by atoms with Crippen LogP contribution in [0.4, 0.5) is 5.69 Å². The summed E-state index contributed by atoms with van der Waals surface area (Å²) in [6.07, 6.45) is 7.10. The predicted molar refractivity (Wildman–Crippen MR) is 132 cm³/mol. The third kappa shape index (κ3) is 5.18. The Morgan fingerprint density at radius 1 is 1.09 bits per heavy atom. The molecule has 1 fully saturated rings. The highest BCUT2D eigenvalue weighted by atomic mass is 16.4. The first kappa shape index (κ1) is 23.2. The van der Waals surface area contributed by atoms with E-state index < -0.39 is 12.0 Å². The van der Waals surface area contributed by atoms with Gasteiger partial charge in [-0.15, -0.1) is 0 Å². The quantitative estimate of drug-likeness (QED) is 0.574. The number of aromatic carboxylic acids is 1. The van der Waals surface area contributed by atoms with Gasteiger partial charge in [-0.05, 0) is 61.3 Å². The third-order valence-electron chi connectivity index (χ3n) is 6.92. The van der Waals surface area contributed by atoms with E-state index in [1.54, 1.807) is 23.1 Å². The molecule has 1 aliphatic carbocycles. The fraction of sp³-hybridized carbons (Fsp3) is 0.464. The Morgan fingerprint density at radius 2 is 1.79 bits per heavy atom. The standard InChI is InChI=1S/C28H34N2O3/c1-18(2)15-25-27(31)30(26-16-23(28(32)33)13-14-24(26)19(3)29-25)17-20-9-11-22(12-10-20)21-7-5-4-6-8-21/h9-14,16,18,21,25H,4-8,15,17H2,1-3H3,(H,32,33)/t25-/m1/s1. The zero-order valence-electron chi connectivity index (χ0n) is 19.9. The molecule has 2 aromatic rings. The smallest absolute Gasteiger partial charge is 0.335 e. The van der Waals surface area contributed by atoms with Gasteiger partial charge in [0.2, 0.25) is 0 Å². The van der Waals surface area contributed by atoms with Gasteiger partial charge in [0, 0.05) is 11.3 Å². The van der Waals surface area contributed by atoms with Gasteiger partial charge >= 0.3 is 5.97 Å². The Kier molecular flexibility index (Phi) is 6.96. The number of nitrogens with zero attached hydrogens (tertiary/aromatic N) is 2. The van der Waals surface area contributed by atoms with Crippen LogP contribution in [0.25, 0.3) is 0 Å². The number of carbonyl (C=O) groups is 2. The van der Waals surface area contributed by atoms with Crippen molar-refractivity contribution in [2.45, 2.75) is 77.8 Å². The molecule has 1 saturated carbocycles. The van der Waals surface area contributed by atoms with E-state index in [9.17, 15) is 14.7 Å². The highest BCUT2D eigenvalue weighted by Crippen LogP contribution is 2.34. The number of hydrogen-bond donors (Lipinski definition) is 1. The molecule has 2 aliphatic rings. The van der Waals surface area contributed by atoms with Crippen LogP contribution in [0, 0.1) is 5.92 Å². The number of aliphatic imine (C=N–C) groups is 1. The summed E-state index contributed by atoms with van der Waals surface area (Å²) >= 11 is 0. The molecule has 2 aromatic carbocycles. The van der Waals surface area contributed by atoms with Crippen LogP contribution < -0.4 is 4.90 Å². The summed E-state index contributed by atoms with van der Waals surface area (Å²) in [5.41, 5.74) is 4.82. The van der Waals surface area contributed by atoms with Crippen molar-refractivity contribution >= 4 is 23.3 Å². The van der Waals surface area contributed by atoms with Crippen molar-refractivity contribution in [1.82, 2.24) is 0 Å². The first-order valence-corrected chi connectivity index (χ1v) is 12.2. The molecule has 0 unspecified atom stereocenters. The summed E-state index contributed by atoms with van der Waals surface area (Å²) in [5.74, 6) is -0.110. The second-order valence-corrected chi connectivity index (χ2v) is 9.90. The summed E-state index contributed by atoms with van der Waals surface area (Å²) in [4.78, 5) is 31.8. The molecule has 0 aromatic heterocycles. The summed E-state index contributed by atoms with van der Waals surface area (Å²) in [7, 11) is 0. The van der Waals surface area contributed by atoms with E-state index in [1.165, 1.54) is 37.7 Å². The number of amides is 1. The molecule has 174 valence electrons. The Morgan fingerprint density at radius 3 is 2.42 bits per heavy atom. The summed E-state index contributed by atoms with van der Waals surface area (Å²) < 4.78 is 0. The van der Waals surface area contributed by atoms with Crippen LogP contribution in [0.1, 0.15) is 92.3 Å². The molecule has 33 heavy (non-hydrogen) atoms. The van der Waals surface area contributed by atoms with E-state index in [-0.39, 0.29) is 11.5 Å². The number of carboxylic acid groups (broad SMARTS) is 1. The molecule has 0 bridgehead atoms. The van der Waals surface area contributed by atoms with Crippen LogP contribution in [0.5, 0.6) is 0 Å². The molecule has 0 saturated heterocycles. The van der Waals surface area contributed by atoms with Crippen molar-refractivity contribution in [3.8, 4) is 0 Å². The fourth-order valence-electron chi connectivity index (χ4n) is 5.13. The number of carboxylic acids is 1. The first-order valence-electron chi connectivity index (χ1n) is 12.2. The van der Waals surface area contributed by atoms with Gasteiger partial charge in [-0.3, -0.25) is 9.79 Å². The summed E-state index contributed by atoms with van der Waals surface area (Å²) in [6, 6.07) is 13.2. The molecular weight excluding hydrogens is 412 g/mol. The van der Waals surface area contributed by atoms with Gasteiger partial charge in [-0.25, -0.2) is 4.79 Å². The van der Waals surface area contributed by atoms with Gasteiger partial charge in [0.15, 0.2) is 0 Å². The van der Waals surface area contributed by atoms with Crippen molar-refractivity contribution in [1.29, 1.82) is 0 Å². The van der Waals surface area contributed by atoms with Crippen molar-refractivity contribution in [3.05, 3.63) is 64.7 Å². The van der Waals surface area contributed by atoms with Crippen molar-refractivity contribution < 1.29 is 14.7 Å². The maximum Gasteiger partial charge on any atom is 0.335 e. The second-order valence-electron chi connectivity index (χ2n) is 9.90. The lowest BCUT2D eigenvalue weighted by Gasteiger charge is -2.27. The van der Waals surface area contributed by atoms with E-state index in [2.05, 4.69) is 38.1 Å². The third-order valence-corrected chi connectivity index (χ3v) is 6.92. The van der Waals surface area contributed by atoms with E-state index in [0.717, 1.165) is 16.8 Å². The minimum absolute atomic E-state index is 0.0688. The van der Waals surface area contributed by atoms with Gasteiger partial charge in [-0.1, -0.05) is 63.4 Å². The molecule has 5 heteroatoms. The van der Waals surface area contributed by atoms with Crippen LogP contribution in [-0.2, 0) is 11.3 Å². The highest BCUT2D eigenvalue weighted by molar-refractivity contribution is 6.12. The lowest BCUT2D eigenvalue weighted by molar-refractivity contribution is -0.120. The number of rotatable bonds is 6. The Labute approximate surface area is 196 Å². The number of benzodiazepines with no additional fused rings is 1. The van der Waals surface area contributed by atoms with Gasteiger partial charge in [0.25, 0.3) is 5.91 Å². The molecule has 1 amide bonds. The van der Waals surface area contributed by atoms with Crippen molar-refractivity contribution in [2.24, 2.45) is 10.9 Å². The Hall–Kier alpha value is -2.95. The number of hydrogen-bond acceptors (Lipinski definition) is 3. The van der Waals surface area contributed by atoms with Crippen LogP contribution in [-0.4, -0.2) is 28.7 Å². The number of benzene rings is 2. The lowest BCUT2D eigenvalue weighted by Crippen LogP contribution is -2.38. The van der Waals surface area contributed by atoms with Gasteiger partial charge in [0.1, 0.15) is 6.04 Å². The minimum atomic E-state index is -1.00. The summed E-state index contributed by atoms with van der Waals surface area (Å²) in [6.45, 7) is 6.49. The van der Waals surface area contributed by atoms with E-state index >= 15 is 0 Å². The first-order chi connectivity index (χ1) is 15.8. The SMILES string of the molecule is CC1=N[C@H](CC(C)C)C(=O)N(Cc2ccc(C3CCCCC3)cc2)c2cc(C(=O)O)ccc21. The molecule has 4 rings (SSSR count). The lowest BCUT2D eigenvalue weighted by atomic mass is 9.84. The fourth-order valence-corrected chi connectivity index (χ4v) is 5.13. The summed E-state index contributed by atoms with van der Waals surface area (Å²) in [5, 5.41) is 9.56. The Balaban J connectivity index is 1.68. The number of anilines is 1. The normalized spacial score (nSPS) is 19.3. The molecule has 1 aliphatic heterocycles. The van der Waals surface area contributed by atoms with E-state index in [0.29, 0.717) is 30.5 Å². The molecule has 0 spiro atoms. The maximum absolute atomic E-state index is 13.7. The van der Waals surface area contributed by atoms with Crippen LogP contribution in [0.2, 0.25) is 0 Å². The van der Waals surface area contributed by atoms with Gasteiger partial charge in [0.05, 0.1) is 17.8 Å². The number of fused-ring (bicyclic) bond motifs is 1. The van der Waals surface area contributed by atoms with Crippen molar-refractivity contribution in [3.63, 3.8) is 0 Å². The average Bonchev–Trinajstić information content (AvgIpc) is 2.90. The maximum atomic E-state index is 13.7. The van der Waals surface area contributed by atoms with Crippen LogP contribution >= 0.6 is 0 Å². The number of carbonyl (C=O) groups excluding carboxylic acids is 1. The average molecular weight is 447 g/mol. The largest absolute Gasteiger partial charge is 0.478 e. The zero-order chi connectivity index (χ0) is 23.5. The van der Waals surface area contributed by atoms with Gasteiger partial charge in [-0.2, -0.15) is 0 Å². The second kappa shape index (κ2) is 9.90. The van der Waals surface area contributed by atoms with Gasteiger partial charge < -0.3 is 10.0 Å². The molecule has 1 heterocycles. The van der Waals surface area contributed by atoms with E-state index in [1.807, 2.05) is 6.92 Å². The molecule has 0 radical (unpaired) electrons. The topological polar surface area (TPSA) is 70.0 Å². The minimum Gasteiger partial charge on any atom is -0.478 e. The van der Waals surface area contributed by atoms with Crippen LogP contribution in [0.3, 0.4) is 0 Å². The predicted octanol–water partition coefficient (Wildman–Crippen LogP) is 6.20. The monoisotopic (exact) mass is 446 g/mol. The molecule has 5 nitrogen and oxygen atoms in total. The van der Waals surface area contributed by atoms with Crippen molar-refractivity contribution in [2.75, 3.05) is 4.90 Å². The molecule has 1 N–H and O–H groups in total. The zero-order valence-corrected chi connectivity index (χ0v) is 19.9.